The number of thiophene rings is 1. The number of nitrogens with one attached hydrogen (secondary N) is 3. The van der Waals surface area contributed by atoms with E-state index >= 15 is 0 Å². The van der Waals surface area contributed by atoms with Crippen molar-refractivity contribution in [1.29, 1.82) is 0 Å². The molecule has 0 spiro atoms. The summed E-state index contributed by atoms with van der Waals surface area (Å²) in [6.07, 6.45) is 5.94. The van der Waals surface area contributed by atoms with E-state index in [2.05, 4.69) is 20.3 Å². The maximum absolute atomic E-state index is 12.8. The number of carbonyl (C=O) groups excluding carboxylic acids is 1. The molecule has 134 valence electrons. The minimum absolute atomic E-state index is 0.0328. The molecule has 1 unspecified atom stereocenters. The quantitative estimate of drug-likeness (QED) is 0.655. The van der Waals surface area contributed by atoms with E-state index in [9.17, 15) is 14.4 Å². The molecule has 3 heterocycles. The Hall–Kier alpha value is -2.74. The fraction of sp³-hybridized carbons (Fsp3) is 0.333. The lowest BCUT2D eigenvalue weighted by Gasteiger charge is -2.23. The van der Waals surface area contributed by atoms with E-state index in [4.69, 9.17) is 0 Å². The highest BCUT2D eigenvalue weighted by Crippen LogP contribution is 2.37. The van der Waals surface area contributed by atoms with E-state index in [1.165, 1.54) is 25.1 Å². The van der Waals surface area contributed by atoms with Gasteiger partial charge in [0, 0.05) is 11.1 Å². The van der Waals surface area contributed by atoms with Gasteiger partial charge in [0.2, 0.25) is 0 Å². The molecule has 8 heteroatoms. The van der Waals surface area contributed by atoms with Gasteiger partial charge in [0.05, 0.1) is 17.0 Å². The molecule has 3 aromatic heterocycles. The van der Waals surface area contributed by atoms with Crippen molar-refractivity contribution >= 4 is 28.3 Å². The van der Waals surface area contributed by atoms with Gasteiger partial charge >= 0.3 is 5.69 Å². The number of carbonyl (C=O) groups is 1. The smallest absolute Gasteiger partial charge is 0.327 e. The predicted octanol–water partition coefficient (Wildman–Crippen LogP) is 2.33. The summed E-state index contributed by atoms with van der Waals surface area (Å²) in [5.41, 5.74) is -0.710. The standard InChI is InChI=1S/C18H18N4O3S/c23-16(11-8-12-15(19-9-11)21-18(25)22-17(12)24)20-14(10-4-1-2-5-10)13-6-3-7-26-13/h3,6-10,14H,1-2,4-5H2,(H,20,23)(H2,19,21,22,24,25). The molecular weight excluding hydrogens is 352 g/mol. The number of aromatic amines is 2. The molecule has 0 saturated heterocycles. The first-order valence-electron chi connectivity index (χ1n) is 8.58. The average Bonchev–Trinajstić information content (AvgIpc) is 3.33. The molecule has 4 rings (SSSR count). The Morgan fingerprint density at radius 2 is 2.08 bits per heavy atom. The molecule has 1 atom stereocenters. The van der Waals surface area contributed by atoms with Crippen molar-refractivity contribution in [3.8, 4) is 0 Å². The number of nitrogens with zero attached hydrogens (tertiary/aromatic N) is 1. The molecule has 0 radical (unpaired) electrons. The minimum Gasteiger partial charge on any atom is -0.344 e. The Morgan fingerprint density at radius 1 is 1.27 bits per heavy atom. The van der Waals surface area contributed by atoms with Crippen LogP contribution in [0.3, 0.4) is 0 Å². The van der Waals surface area contributed by atoms with Crippen molar-refractivity contribution in [3.63, 3.8) is 0 Å². The fourth-order valence-corrected chi connectivity index (χ4v) is 4.45. The average molecular weight is 370 g/mol. The van der Waals surface area contributed by atoms with Crippen LogP contribution in [0.2, 0.25) is 0 Å². The molecule has 1 fully saturated rings. The number of fused-ring (bicyclic) bond motifs is 1. The molecule has 7 nitrogen and oxygen atoms in total. The summed E-state index contributed by atoms with van der Waals surface area (Å²) in [5.74, 6) is 0.154. The lowest BCUT2D eigenvalue weighted by atomic mass is 9.96. The molecule has 1 aliphatic carbocycles. The van der Waals surface area contributed by atoms with Gasteiger partial charge in [-0.2, -0.15) is 0 Å². The third-order valence-corrected chi connectivity index (χ3v) is 5.82. The van der Waals surface area contributed by atoms with Crippen molar-refractivity contribution in [2.24, 2.45) is 5.92 Å². The second-order valence-corrected chi connectivity index (χ2v) is 7.52. The maximum atomic E-state index is 12.8. The van der Waals surface area contributed by atoms with Gasteiger partial charge in [-0.15, -0.1) is 11.3 Å². The maximum Gasteiger partial charge on any atom is 0.327 e. The second kappa shape index (κ2) is 6.87. The highest BCUT2D eigenvalue weighted by Gasteiger charge is 2.28. The lowest BCUT2D eigenvalue weighted by molar-refractivity contribution is 0.0922. The van der Waals surface area contributed by atoms with Crippen molar-refractivity contribution < 1.29 is 4.79 Å². The molecule has 0 aromatic carbocycles. The van der Waals surface area contributed by atoms with Gasteiger partial charge < -0.3 is 5.32 Å². The molecule has 26 heavy (non-hydrogen) atoms. The number of pyridine rings is 1. The summed E-state index contributed by atoms with van der Waals surface area (Å²) in [6, 6.07) is 5.46. The topological polar surface area (TPSA) is 108 Å². The largest absolute Gasteiger partial charge is 0.344 e. The molecule has 3 aromatic rings. The SMILES string of the molecule is O=C(NC(c1cccs1)C1CCCC1)c1cnc2[nH]c(=O)[nH]c(=O)c2c1. The lowest BCUT2D eigenvalue weighted by Crippen LogP contribution is -2.32. The number of rotatable bonds is 4. The number of hydrogen-bond acceptors (Lipinski definition) is 5. The first-order valence-corrected chi connectivity index (χ1v) is 9.46. The van der Waals surface area contributed by atoms with Gasteiger partial charge in [-0.3, -0.25) is 19.6 Å². The van der Waals surface area contributed by atoms with Crippen molar-refractivity contribution in [3.05, 3.63) is 61.1 Å². The Bertz CT molecular complexity index is 1050. The third-order valence-electron chi connectivity index (χ3n) is 4.86. The fourth-order valence-electron chi connectivity index (χ4n) is 3.58. The molecular formula is C18H18N4O3S. The first kappa shape index (κ1) is 16.7. The second-order valence-electron chi connectivity index (χ2n) is 6.54. The summed E-state index contributed by atoms with van der Waals surface area (Å²) in [6.45, 7) is 0. The molecule has 1 saturated carbocycles. The number of aromatic nitrogens is 3. The molecule has 1 aliphatic rings. The van der Waals surface area contributed by atoms with Crippen molar-refractivity contribution in [2.75, 3.05) is 0 Å². The van der Waals surface area contributed by atoms with Crippen LogP contribution in [0.25, 0.3) is 11.0 Å². The summed E-state index contributed by atoms with van der Waals surface area (Å²) in [7, 11) is 0. The predicted molar refractivity (Wildman–Crippen MR) is 99.5 cm³/mol. The van der Waals surface area contributed by atoms with Gasteiger partial charge in [-0.25, -0.2) is 9.78 Å². The summed E-state index contributed by atoms with van der Waals surface area (Å²) < 4.78 is 0. The van der Waals surface area contributed by atoms with Crippen LogP contribution in [0.4, 0.5) is 0 Å². The van der Waals surface area contributed by atoms with Crippen LogP contribution in [-0.2, 0) is 0 Å². The summed E-state index contributed by atoms with van der Waals surface area (Å²) >= 11 is 1.64. The molecule has 0 aliphatic heterocycles. The zero-order valence-corrected chi connectivity index (χ0v) is 14.8. The van der Waals surface area contributed by atoms with Crippen molar-refractivity contribution in [2.45, 2.75) is 31.7 Å². The number of hydrogen-bond donors (Lipinski definition) is 3. The minimum atomic E-state index is -0.619. The monoisotopic (exact) mass is 370 g/mol. The van der Waals surface area contributed by atoms with Crippen LogP contribution in [0.15, 0.2) is 39.4 Å². The first-order chi connectivity index (χ1) is 12.6. The number of amides is 1. The van der Waals surface area contributed by atoms with E-state index in [1.54, 1.807) is 11.3 Å². The van der Waals surface area contributed by atoms with Gasteiger partial charge in [0.25, 0.3) is 11.5 Å². The number of H-pyrrole nitrogens is 2. The van der Waals surface area contributed by atoms with E-state index in [1.807, 2.05) is 17.5 Å². The van der Waals surface area contributed by atoms with Crippen molar-refractivity contribution in [1.82, 2.24) is 20.3 Å². The van der Waals surface area contributed by atoms with Crippen LogP contribution in [0, 0.1) is 5.92 Å². The van der Waals surface area contributed by atoms with Gasteiger partial charge in [-0.1, -0.05) is 18.9 Å². The highest BCUT2D eigenvalue weighted by atomic mass is 32.1. The van der Waals surface area contributed by atoms with Gasteiger partial charge in [0.15, 0.2) is 0 Å². The zero-order chi connectivity index (χ0) is 18.1. The van der Waals surface area contributed by atoms with Crippen LogP contribution < -0.4 is 16.6 Å². The molecule has 1 amide bonds. The Morgan fingerprint density at radius 3 is 2.81 bits per heavy atom. The van der Waals surface area contributed by atoms with E-state index in [0.29, 0.717) is 11.5 Å². The van der Waals surface area contributed by atoms with Crippen LogP contribution in [-0.4, -0.2) is 20.9 Å². The van der Waals surface area contributed by atoms with Crippen LogP contribution in [0.5, 0.6) is 0 Å². The molecule has 0 bridgehead atoms. The summed E-state index contributed by atoms with van der Waals surface area (Å²) in [4.78, 5) is 45.9. The Balaban J connectivity index is 1.65. The highest BCUT2D eigenvalue weighted by molar-refractivity contribution is 7.10. The van der Waals surface area contributed by atoms with Crippen LogP contribution in [0.1, 0.15) is 47.0 Å². The van der Waals surface area contributed by atoms with E-state index in [-0.39, 0.29) is 23.0 Å². The summed E-state index contributed by atoms with van der Waals surface area (Å²) in [5, 5.41) is 5.32. The van der Waals surface area contributed by atoms with E-state index in [0.717, 1.165) is 17.7 Å². The Kier molecular flexibility index (Phi) is 4.42. The zero-order valence-electron chi connectivity index (χ0n) is 14.0. The molecule has 3 N–H and O–H groups in total. The third kappa shape index (κ3) is 3.20. The normalized spacial score (nSPS) is 16.0. The van der Waals surface area contributed by atoms with E-state index < -0.39 is 11.2 Å². The van der Waals surface area contributed by atoms with Crippen LogP contribution >= 0.6 is 11.3 Å². The Labute approximate surface area is 152 Å². The van der Waals surface area contributed by atoms with Gasteiger partial charge in [0.1, 0.15) is 5.65 Å². The van der Waals surface area contributed by atoms with Gasteiger partial charge in [-0.05, 0) is 36.3 Å².